The van der Waals surface area contributed by atoms with Gasteiger partial charge in [0.05, 0.1) is 22.4 Å². The van der Waals surface area contributed by atoms with Crippen LogP contribution in [0.2, 0.25) is 0 Å². The van der Waals surface area contributed by atoms with Crippen LogP contribution in [-0.4, -0.2) is 19.5 Å². The number of hydrogen-bond donors (Lipinski definition) is 0. The van der Waals surface area contributed by atoms with Gasteiger partial charge in [0.2, 0.25) is 0 Å². The molecule has 0 aliphatic rings. The van der Waals surface area contributed by atoms with Gasteiger partial charge in [0.25, 0.3) is 0 Å². The maximum absolute atomic E-state index is 5.07. The topological polar surface area (TPSA) is 43.6 Å². The van der Waals surface area contributed by atoms with Crippen molar-refractivity contribution < 1.29 is 0 Å². The second-order valence-corrected chi connectivity index (χ2v) is 13.7. The third-order valence-corrected chi connectivity index (χ3v) is 10.4. The fourth-order valence-electron chi connectivity index (χ4n) is 7.52. The van der Waals surface area contributed by atoms with Gasteiger partial charge >= 0.3 is 0 Å². The summed E-state index contributed by atoms with van der Waals surface area (Å²) in [7, 11) is 0. The lowest BCUT2D eigenvalue weighted by Gasteiger charge is -2.11. The number of hydrogen-bond acceptors (Lipinski definition) is 3. The predicted octanol–water partition coefficient (Wildman–Crippen LogP) is 13.0. The van der Waals surface area contributed by atoms with Crippen molar-refractivity contribution in [2.45, 2.75) is 0 Å². The summed E-state index contributed by atoms with van der Waals surface area (Å²) in [5, 5.41) is 2.46. The van der Waals surface area contributed by atoms with Gasteiger partial charge in [-0.1, -0.05) is 152 Å². The van der Waals surface area contributed by atoms with E-state index in [0.717, 1.165) is 50.5 Å². The number of pyridine rings is 1. The number of nitrogens with zero attached hydrogens (tertiary/aromatic N) is 4. The van der Waals surface area contributed by atoms with Gasteiger partial charge in [-0.15, -0.1) is 0 Å². The Bertz CT molecular complexity index is 2920. The van der Waals surface area contributed by atoms with E-state index >= 15 is 0 Å². The van der Waals surface area contributed by atoms with E-state index in [1.54, 1.807) is 6.20 Å². The van der Waals surface area contributed by atoms with Crippen LogP contribution in [0.4, 0.5) is 0 Å². The van der Waals surface area contributed by atoms with Crippen molar-refractivity contribution >= 4 is 21.8 Å². The molecule has 0 bridgehead atoms. The van der Waals surface area contributed by atoms with Crippen molar-refractivity contribution in [2.24, 2.45) is 0 Å². The zero-order chi connectivity index (χ0) is 36.6. The molecule has 7 aromatic carbocycles. The SMILES string of the molecule is c1ccc(-c2ccc(-n3c4ccccc4c4cc(-c5ccc(-c6cc(-c7ccc(-c8cccnc8)cc7)nc(-c7ccccc7)n6)cc5)ccc43)cc2)cc1. The lowest BCUT2D eigenvalue weighted by Crippen LogP contribution is -1.96. The van der Waals surface area contributed by atoms with E-state index < -0.39 is 0 Å². The highest BCUT2D eigenvalue weighted by atomic mass is 15.0. The Balaban J connectivity index is 1.00. The molecule has 0 unspecified atom stereocenters. The highest BCUT2D eigenvalue weighted by Crippen LogP contribution is 2.36. The molecule has 10 rings (SSSR count). The van der Waals surface area contributed by atoms with E-state index in [9.17, 15) is 0 Å². The molecule has 0 N–H and O–H groups in total. The monoisotopic (exact) mass is 702 g/mol. The molecular formula is C51H34N4. The Hall–Kier alpha value is -7.43. The number of benzene rings is 7. The van der Waals surface area contributed by atoms with E-state index in [4.69, 9.17) is 9.97 Å². The quantitative estimate of drug-likeness (QED) is 0.166. The first-order valence-electron chi connectivity index (χ1n) is 18.5. The summed E-state index contributed by atoms with van der Waals surface area (Å²) in [6.07, 6.45) is 3.68. The summed E-state index contributed by atoms with van der Waals surface area (Å²) in [6.45, 7) is 0. The van der Waals surface area contributed by atoms with Gasteiger partial charge in [-0.25, -0.2) is 9.97 Å². The highest BCUT2D eigenvalue weighted by Gasteiger charge is 2.15. The van der Waals surface area contributed by atoms with Gasteiger partial charge in [-0.05, 0) is 75.8 Å². The summed E-state index contributed by atoms with van der Waals surface area (Å²) < 4.78 is 2.37. The molecule has 0 atom stereocenters. The molecule has 0 fully saturated rings. The normalized spacial score (nSPS) is 11.3. The summed E-state index contributed by atoms with van der Waals surface area (Å²) in [4.78, 5) is 14.4. The molecule has 55 heavy (non-hydrogen) atoms. The highest BCUT2D eigenvalue weighted by molar-refractivity contribution is 6.10. The van der Waals surface area contributed by atoms with Gasteiger partial charge in [-0.3, -0.25) is 4.98 Å². The second-order valence-electron chi connectivity index (χ2n) is 13.7. The van der Waals surface area contributed by atoms with Crippen molar-refractivity contribution in [1.29, 1.82) is 0 Å². The van der Waals surface area contributed by atoms with Crippen molar-refractivity contribution in [1.82, 2.24) is 19.5 Å². The maximum atomic E-state index is 5.07. The van der Waals surface area contributed by atoms with Crippen LogP contribution in [0.1, 0.15) is 0 Å². The Morgan fingerprint density at radius 3 is 1.47 bits per heavy atom. The number of rotatable bonds is 7. The molecule has 4 nitrogen and oxygen atoms in total. The molecule has 0 aliphatic carbocycles. The zero-order valence-corrected chi connectivity index (χ0v) is 29.9. The average Bonchev–Trinajstić information content (AvgIpc) is 3.61. The second kappa shape index (κ2) is 13.8. The first kappa shape index (κ1) is 32.2. The van der Waals surface area contributed by atoms with E-state index in [0.29, 0.717) is 5.82 Å². The van der Waals surface area contributed by atoms with E-state index in [2.05, 4.69) is 179 Å². The van der Waals surface area contributed by atoms with Gasteiger partial charge in [0.1, 0.15) is 0 Å². The molecule has 0 saturated heterocycles. The van der Waals surface area contributed by atoms with Crippen LogP contribution in [0, 0.1) is 0 Å². The molecule has 0 spiro atoms. The van der Waals surface area contributed by atoms with Crippen LogP contribution in [0.3, 0.4) is 0 Å². The van der Waals surface area contributed by atoms with Gasteiger partial charge in [0.15, 0.2) is 5.82 Å². The average molecular weight is 703 g/mol. The van der Waals surface area contributed by atoms with Crippen LogP contribution >= 0.6 is 0 Å². The summed E-state index contributed by atoms with van der Waals surface area (Å²) in [5.41, 5.74) is 15.3. The molecule has 258 valence electrons. The van der Waals surface area contributed by atoms with Crippen LogP contribution in [0.15, 0.2) is 207 Å². The zero-order valence-electron chi connectivity index (χ0n) is 29.9. The van der Waals surface area contributed by atoms with Crippen LogP contribution < -0.4 is 0 Å². The minimum atomic E-state index is 0.699. The molecule has 0 radical (unpaired) electrons. The lowest BCUT2D eigenvalue weighted by molar-refractivity contribution is 1.18. The predicted molar refractivity (Wildman–Crippen MR) is 227 cm³/mol. The summed E-state index contributed by atoms with van der Waals surface area (Å²) >= 11 is 0. The molecule has 3 aromatic heterocycles. The number of fused-ring (bicyclic) bond motifs is 3. The Labute approximate surface area is 319 Å². The molecule has 4 heteroatoms. The van der Waals surface area contributed by atoms with Crippen LogP contribution in [0.5, 0.6) is 0 Å². The maximum Gasteiger partial charge on any atom is 0.160 e. The lowest BCUT2D eigenvalue weighted by atomic mass is 9.99. The third-order valence-electron chi connectivity index (χ3n) is 10.4. The standard InChI is InChI=1S/C51H34N4/c1-3-10-35(11-4-1)36-25-28-44(29-26-36)55-49-16-8-7-15-45(49)46-32-42(27-30-50(46)55)37-17-21-39(22-18-37)47-33-48(54-51(53-47)41-12-5-2-6-13-41)40-23-19-38(20-24-40)43-14-9-31-52-34-43/h1-34H. The van der Waals surface area contributed by atoms with Crippen LogP contribution in [0.25, 0.3) is 94.8 Å². The third kappa shape index (κ3) is 6.16. The Kier molecular flexibility index (Phi) is 8.12. The van der Waals surface area contributed by atoms with Gasteiger partial charge in [0, 0.05) is 45.5 Å². The van der Waals surface area contributed by atoms with Crippen LogP contribution in [-0.2, 0) is 0 Å². The van der Waals surface area contributed by atoms with Crippen molar-refractivity contribution in [3.63, 3.8) is 0 Å². The van der Waals surface area contributed by atoms with Crippen molar-refractivity contribution in [2.75, 3.05) is 0 Å². The van der Waals surface area contributed by atoms with Crippen molar-refractivity contribution in [3.8, 4) is 73.0 Å². The largest absolute Gasteiger partial charge is 0.309 e. The number of para-hydroxylation sites is 1. The van der Waals surface area contributed by atoms with Crippen molar-refractivity contribution in [3.05, 3.63) is 207 Å². The fourth-order valence-corrected chi connectivity index (χ4v) is 7.52. The first-order chi connectivity index (χ1) is 27.2. The van der Waals surface area contributed by atoms with E-state index in [1.807, 2.05) is 30.5 Å². The Morgan fingerprint density at radius 1 is 0.327 bits per heavy atom. The fraction of sp³-hybridized carbons (Fsp3) is 0. The molecule has 0 aliphatic heterocycles. The first-order valence-corrected chi connectivity index (χ1v) is 18.5. The van der Waals surface area contributed by atoms with Gasteiger partial charge < -0.3 is 4.57 Å². The Morgan fingerprint density at radius 2 is 0.818 bits per heavy atom. The number of aromatic nitrogens is 4. The molecule has 10 aromatic rings. The molecule has 0 amide bonds. The summed E-state index contributed by atoms with van der Waals surface area (Å²) in [6, 6.07) is 68.4. The van der Waals surface area contributed by atoms with Gasteiger partial charge in [-0.2, -0.15) is 0 Å². The minimum Gasteiger partial charge on any atom is -0.309 e. The minimum absolute atomic E-state index is 0.699. The molecule has 0 saturated carbocycles. The molecule has 3 heterocycles. The van der Waals surface area contributed by atoms with E-state index in [-0.39, 0.29) is 0 Å². The smallest absolute Gasteiger partial charge is 0.160 e. The molecular weight excluding hydrogens is 669 g/mol. The summed E-state index contributed by atoms with van der Waals surface area (Å²) in [5.74, 6) is 0.699. The van der Waals surface area contributed by atoms with E-state index in [1.165, 1.54) is 38.5 Å².